The predicted octanol–water partition coefficient (Wildman–Crippen LogP) is 1.17. The average molecular weight is 124 g/mol. The van der Waals surface area contributed by atoms with Crippen molar-refractivity contribution in [1.29, 1.82) is 0 Å². The van der Waals surface area contributed by atoms with Crippen molar-refractivity contribution in [2.45, 2.75) is 13.3 Å². The quantitative estimate of drug-likeness (QED) is 0.504. The first kappa shape index (κ1) is 6.46. The maximum absolute atomic E-state index is 4.12. The van der Waals surface area contributed by atoms with Crippen LogP contribution in [0, 0.1) is 5.92 Å². The highest BCUT2D eigenvalue weighted by atomic mass is 14.9. The van der Waals surface area contributed by atoms with Crippen molar-refractivity contribution in [1.82, 2.24) is 0 Å². The summed E-state index contributed by atoms with van der Waals surface area (Å²) in [6.45, 7) is 3.14. The zero-order valence-electron chi connectivity index (χ0n) is 5.96. The first-order chi connectivity index (χ1) is 4.38. The van der Waals surface area contributed by atoms with Gasteiger partial charge in [0, 0.05) is 24.9 Å². The van der Waals surface area contributed by atoms with E-state index < -0.39 is 0 Å². The van der Waals surface area contributed by atoms with Gasteiger partial charge in [0.2, 0.25) is 0 Å². The van der Waals surface area contributed by atoms with Crippen LogP contribution < -0.4 is 0 Å². The van der Waals surface area contributed by atoms with Crippen molar-refractivity contribution >= 4 is 11.9 Å². The second kappa shape index (κ2) is 2.76. The Balaban J connectivity index is 2.38. The van der Waals surface area contributed by atoms with Gasteiger partial charge in [-0.15, -0.1) is 0 Å². The Morgan fingerprint density at radius 1 is 1.89 bits per heavy atom. The third-order valence-electron chi connectivity index (χ3n) is 1.54. The fourth-order valence-corrected chi connectivity index (χ4v) is 0.887. The summed E-state index contributed by atoms with van der Waals surface area (Å²) in [6.07, 6.45) is 3.11. The van der Waals surface area contributed by atoms with E-state index in [0.29, 0.717) is 5.92 Å². The van der Waals surface area contributed by atoms with Gasteiger partial charge in [0.05, 0.1) is 6.54 Å². The molecule has 0 aromatic rings. The van der Waals surface area contributed by atoms with Crippen molar-refractivity contribution < 1.29 is 0 Å². The first-order valence-corrected chi connectivity index (χ1v) is 3.34. The zero-order chi connectivity index (χ0) is 6.69. The van der Waals surface area contributed by atoms with E-state index in [1.165, 1.54) is 5.71 Å². The van der Waals surface area contributed by atoms with E-state index in [9.17, 15) is 0 Å². The maximum atomic E-state index is 4.12. The van der Waals surface area contributed by atoms with Crippen molar-refractivity contribution in [2.24, 2.45) is 15.9 Å². The molecule has 1 unspecified atom stereocenters. The van der Waals surface area contributed by atoms with Crippen LogP contribution in [0.4, 0.5) is 0 Å². The second-order valence-corrected chi connectivity index (χ2v) is 2.23. The molecule has 2 nitrogen and oxygen atoms in total. The van der Waals surface area contributed by atoms with Gasteiger partial charge in [0.25, 0.3) is 0 Å². The fraction of sp³-hybridized carbons (Fsp3) is 0.714. The topological polar surface area (TPSA) is 24.7 Å². The van der Waals surface area contributed by atoms with Crippen LogP contribution in [0.2, 0.25) is 0 Å². The van der Waals surface area contributed by atoms with E-state index in [2.05, 4.69) is 16.9 Å². The lowest BCUT2D eigenvalue weighted by atomic mass is 10.1. The Labute approximate surface area is 55.7 Å². The molecule has 0 aromatic heterocycles. The van der Waals surface area contributed by atoms with Crippen LogP contribution in [0.15, 0.2) is 9.98 Å². The van der Waals surface area contributed by atoms with Crippen LogP contribution in [0.3, 0.4) is 0 Å². The minimum absolute atomic E-state index is 0.537. The summed E-state index contributed by atoms with van der Waals surface area (Å²) in [7, 11) is 1.81. The molecule has 9 heavy (non-hydrogen) atoms. The molecule has 0 aliphatic carbocycles. The van der Waals surface area contributed by atoms with E-state index in [4.69, 9.17) is 0 Å². The molecule has 0 amide bonds. The van der Waals surface area contributed by atoms with E-state index >= 15 is 0 Å². The highest BCUT2D eigenvalue weighted by Gasteiger charge is 2.18. The Morgan fingerprint density at radius 2 is 2.56 bits per heavy atom. The van der Waals surface area contributed by atoms with Gasteiger partial charge in [0.1, 0.15) is 0 Å². The molecular formula is C7H12N2. The lowest BCUT2D eigenvalue weighted by Gasteiger charge is -1.98. The maximum Gasteiger partial charge on any atom is 0.0775 e. The molecule has 0 saturated heterocycles. The van der Waals surface area contributed by atoms with Gasteiger partial charge >= 0.3 is 0 Å². The summed E-state index contributed by atoms with van der Waals surface area (Å²) in [5.74, 6) is 0.537. The molecule has 0 saturated carbocycles. The lowest BCUT2D eigenvalue weighted by Crippen LogP contribution is -2.06. The third-order valence-corrected chi connectivity index (χ3v) is 1.54. The van der Waals surface area contributed by atoms with Gasteiger partial charge < -0.3 is 4.99 Å². The van der Waals surface area contributed by atoms with Crippen molar-refractivity contribution in [3.63, 3.8) is 0 Å². The third kappa shape index (κ3) is 1.63. The highest BCUT2D eigenvalue weighted by molar-refractivity contribution is 6.07. The lowest BCUT2D eigenvalue weighted by molar-refractivity contribution is 0.882. The van der Waals surface area contributed by atoms with E-state index in [0.717, 1.165) is 13.0 Å². The Hall–Kier alpha value is -0.660. The van der Waals surface area contributed by atoms with Gasteiger partial charge in [0.15, 0.2) is 0 Å². The molecule has 1 aliphatic rings. The van der Waals surface area contributed by atoms with Crippen LogP contribution in [0.1, 0.15) is 13.3 Å². The monoisotopic (exact) mass is 124 g/mol. The number of hydrogen-bond donors (Lipinski definition) is 0. The standard InChI is InChI=1S/C7H12N2/c1-3-6(4-8-2)7-5-9-7/h4,6H,3,5H2,1-2H3/b8-4-. The average Bonchev–Trinajstić information content (AvgIpc) is 2.64. The molecule has 0 bridgehead atoms. The molecule has 1 rings (SSSR count). The van der Waals surface area contributed by atoms with Gasteiger partial charge in [-0.05, 0) is 6.42 Å². The predicted molar refractivity (Wildman–Crippen MR) is 40.5 cm³/mol. The van der Waals surface area contributed by atoms with Crippen LogP contribution in [0.25, 0.3) is 0 Å². The van der Waals surface area contributed by atoms with Gasteiger partial charge in [-0.25, -0.2) is 0 Å². The molecule has 1 heterocycles. The molecule has 2 heteroatoms. The molecule has 0 fully saturated rings. The largest absolute Gasteiger partial charge is 0.300 e. The van der Waals surface area contributed by atoms with Crippen LogP contribution in [0.5, 0.6) is 0 Å². The minimum atomic E-state index is 0.537. The normalized spacial score (nSPS) is 20.0. The summed E-state index contributed by atoms with van der Waals surface area (Å²) in [6, 6.07) is 0. The SMILES string of the molecule is CCC(/C=N\C)C1=NC1. The van der Waals surface area contributed by atoms with Gasteiger partial charge in [-0.1, -0.05) is 6.92 Å². The smallest absolute Gasteiger partial charge is 0.0775 e. The number of nitrogens with zero attached hydrogens (tertiary/aromatic N) is 2. The molecule has 0 aromatic carbocycles. The van der Waals surface area contributed by atoms with E-state index in [1.807, 2.05) is 13.3 Å². The van der Waals surface area contributed by atoms with Gasteiger partial charge in [-0.3, -0.25) is 4.99 Å². The molecule has 1 aliphatic heterocycles. The molecule has 1 atom stereocenters. The van der Waals surface area contributed by atoms with Crippen LogP contribution in [-0.2, 0) is 0 Å². The molecule has 50 valence electrons. The molecule has 0 N–H and O–H groups in total. The number of rotatable bonds is 3. The van der Waals surface area contributed by atoms with E-state index in [1.54, 1.807) is 0 Å². The Kier molecular flexibility index (Phi) is 1.98. The van der Waals surface area contributed by atoms with E-state index in [-0.39, 0.29) is 0 Å². The summed E-state index contributed by atoms with van der Waals surface area (Å²) < 4.78 is 0. The summed E-state index contributed by atoms with van der Waals surface area (Å²) in [5, 5.41) is 0. The number of hydrogen-bond acceptors (Lipinski definition) is 2. The van der Waals surface area contributed by atoms with Crippen molar-refractivity contribution in [3.8, 4) is 0 Å². The fourth-order valence-electron chi connectivity index (χ4n) is 0.887. The summed E-state index contributed by atoms with van der Waals surface area (Å²) in [4.78, 5) is 8.08. The molecule has 0 radical (unpaired) electrons. The molecular weight excluding hydrogens is 112 g/mol. The Bertz CT molecular complexity index is 147. The Morgan fingerprint density at radius 3 is 2.89 bits per heavy atom. The minimum Gasteiger partial charge on any atom is -0.300 e. The number of aliphatic imine (C=N–C) groups is 2. The molecule has 0 spiro atoms. The van der Waals surface area contributed by atoms with Crippen molar-refractivity contribution in [3.05, 3.63) is 0 Å². The van der Waals surface area contributed by atoms with Crippen LogP contribution >= 0.6 is 0 Å². The van der Waals surface area contributed by atoms with Crippen molar-refractivity contribution in [2.75, 3.05) is 13.6 Å². The van der Waals surface area contributed by atoms with Gasteiger partial charge in [-0.2, -0.15) is 0 Å². The summed E-state index contributed by atoms with van der Waals surface area (Å²) >= 11 is 0. The first-order valence-electron chi connectivity index (χ1n) is 3.34. The summed E-state index contributed by atoms with van der Waals surface area (Å²) in [5.41, 5.74) is 1.32. The zero-order valence-corrected chi connectivity index (χ0v) is 5.96. The highest BCUT2D eigenvalue weighted by Crippen LogP contribution is 2.11. The second-order valence-electron chi connectivity index (χ2n) is 2.23. The van der Waals surface area contributed by atoms with Crippen LogP contribution in [-0.4, -0.2) is 25.5 Å².